The molecule has 4 fully saturated rings. The van der Waals surface area contributed by atoms with Crippen LogP contribution in [-0.2, 0) is 4.79 Å². The standard InChI is InChI=1S/C23H36Cl2F3N5O/c24-14-3-1-2-12(6-14)20-11-21(33-32-20)30-23(29-17-9-15(25)8-16(26)10-17)31-22(34)13-4-5-18(27)19(28)7-13/h12-21,32-33H,1-11H2,(H2,29,30,31,34). The zero-order valence-electron chi connectivity index (χ0n) is 19.3. The highest BCUT2D eigenvalue weighted by Crippen LogP contribution is 2.33. The molecule has 11 heteroatoms. The van der Waals surface area contributed by atoms with Crippen LogP contribution >= 0.6 is 23.2 Å². The Bertz CT molecular complexity index is 725. The maximum atomic E-state index is 14.1. The Hall–Kier alpha value is -0.770. The molecule has 1 heterocycles. The van der Waals surface area contributed by atoms with Gasteiger partial charge >= 0.3 is 0 Å². The molecular formula is C23H36Cl2F3N5O. The Kier molecular flexibility index (Phi) is 9.26. The highest BCUT2D eigenvalue weighted by atomic mass is 35.5. The van der Waals surface area contributed by atoms with Crippen LogP contribution in [0.2, 0.25) is 0 Å². The molecule has 0 bridgehead atoms. The number of carbonyl (C=O) groups is 1. The predicted molar refractivity (Wildman–Crippen MR) is 128 cm³/mol. The van der Waals surface area contributed by atoms with Crippen LogP contribution in [0, 0.1) is 11.8 Å². The lowest BCUT2D eigenvalue weighted by Crippen LogP contribution is -2.51. The van der Waals surface area contributed by atoms with Crippen molar-refractivity contribution in [3.8, 4) is 0 Å². The van der Waals surface area contributed by atoms with Gasteiger partial charge in [-0.25, -0.2) is 23.6 Å². The number of amides is 1. The summed E-state index contributed by atoms with van der Waals surface area (Å²) in [6, 6.07) is -0.0576. The maximum absolute atomic E-state index is 14.1. The second-order valence-corrected chi connectivity index (χ2v) is 11.7. The maximum Gasteiger partial charge on any atom is 0.229 e. The molecule has 4 rings (SSSR count). The van der Waals surface area contributed by atoms with Gasteiger partial charge in [0, 0.05) is 35.2 Å². The number of hydrogen-bond acceptors (Lipinski definition) is 4. The number of hydrazine groups is 1. The van der Waals surface area contributed by atoms with Crippen molar-refractivity contribution in [3.63, 3.8) is 0 Å². The third-order valence-corrected chi connectivity index (χ3v) is 8.41. The minimum absolute atomic E-state index is 0.0258. The van der Waals surface area contributed by atoms with E-state index in [4.69, 9.17) is 23.2 Å². The molecule has 0 spiro atoms. The lowest BCUT2D eigenvalue weighted by molar-refractivity contribution is -0.125. The number of hydrogen-bond donors (Lipinski definition) is 4. The number of halogens is 5. The van der Waals surface area contributed by atoms with E-state index in [0.717, 1.165) is 32.1 Å². The van der Waals surface area contributed by atoms with Crippen LogP contribution in [0.1, 0.15) is 70.6 Å². The molecule has 1 saturated heterocycles. The third-order valence-electron chi connectivity index (χ3n) is 7.66. The fourth-order valence-electron chi connectivity index (χ4n) is 5.78. The predicted octanol–water partition coefficient (Wildman–Crippen LogP) is 4.01. The summed E-state index contributed by atoms with van der Waals surface area (Å²) in [7, 11) is 0. The van der Waals surface area contributed by atoms with E-state index in [1.54, 1.807) is 0 Å². The first kappa shape index (κ1) is 26.3. The first-order chi connectivity index (χ1) is 16.3. The topological polar surface area (TPSA) is 77.5 Å². The Morgan fingerprint density at radius 1 is 0.853 bits per heavy atom. The number of nitrogens with zero attached hydrogens (tertiary/aromatic N) is 1. The second-order valence-electron chi connectivity index (χ2n) is 10.4. The molecule has 0 aromatic heterocycles. The molecule has 3 aliphatic carbocycles. The molecule has 1 aliphatic heterocycles. The molecule has 4 aliphatic rings. The van der Waals surface area contributed by atoms with Crippen molar-refractivity contribution in [2.45, 2.75) is 118 Å². The highest BCUT2D eigenvalue weighted by molar-refractivity contribution is 6.20. The van der Waals surface area contributed by atoms with Gasteiger partial charge in [-0.2, -0.15) is 0 Å². The fraction of sp³-hybridized carbons (Fsp3) is 0.913. The summed E-state index contributed by atoms with van der Waals surface area (Å²) in [5.74, 6) is -0.338. The van der Waals surface area contributed by atoms with Gasteiger partial charge in [-0.1, -0.05) is 6.42 Å². The van der Waals surface area contributed by atoms with Crippen LogP contribution in [0.3, 0.4) is 0 Å². The van der Waals surface area contributed by atoms with Crippen LogP contribution < -0.4 is 21.5 Å². The quantitative estimate of drug-likeness (QED) is 0.254. The van der Waals surface area contributed by atoms with E-state index in [1.807, 2.05) is 0 Å². The van der Waals surface area contributed by atoms with Gasteiger partial charge in [0.25, 0.3) is 0 Å². The molecule has 194 valence electrons. The van der Waals surface area contributed by atoms with E-state index in [1.165, 1.54) is 0 Å². The van der Waals surface area contributed by atoms with Crippen molar-refractivity contribution >= 4 is 35.1 Å². The van der Waals surface area contributed by atoms with Crippen molar-refractivity contribution in [1.29, 1.82) is 0 Å². The molecule has 0 aromatic rings. The van der Waals surface area contributed by atoms with E-state index in [0.29, 0.717) is 18.8 Å². The van der Waals surface area contributed by atoms with Crippen molar-refractivity contribution < 1.29 is 18.0 Å². The van der Waals surface area contributed by atoms with E-state index in [2.05, 4.69) is 26.5 Å². The molecule has 0 aromatic carbocycles. The largest absolute Gasteiger partial charge is 0.353 e. The van der Waals surface area contributed by atoms with Gasteiger partial charge in [0.2, 0.25) is 5.91 Å². The average Bonchev–Trinajstić information content (AvgIpc) is 3.23. The van der Waals surface area contributed by atoms with Crippen molar-refractivity contribution in [2.75, 3.05) is 0 Å². The Morgan fingerprint density at radius 2 is 1.68 bits per heavy atom. The van der Waals surface area contributed by atoms with E-state index in [9.17, 15) is 18.0 Å². The van der Waals surface area contributed by atoms with Crippen LogP contribution in [0.15, 0.2) is 4.99 Å². The van der Waals surface area contributed by atoms with Crippen LogP contribution in [-0.4, -0.2) is 59.4 Å². The van der Waals surface area contributed by atoms with Gasteiger partial charge in [0.05, 0.1) is 0 Å². The smallest absolute Gasteiger partial charge is 0.229 e. The van der Waals surface area contributed by atoms with Gasteiger partial charge in [0.1, 0.15) is 24.7 Å². The summed E-state index contributed by atoms with van der Waals surface area (Å²) < 4.78 is 41.5. The molecule has 0 radical (unpaired) electrons. The highest BCUT2D eigenvalue weighted by Gasteiger charge is 2.36. The van der Waals surface area contributed by atoms with Crippen LogP contribution in [0.25, 0.3) is 0 Å². The van der Waals surface area contributed by atoms with E-state index in [-0.39, 0.29) is 60.6 Å². The number of alkyl halides is 5. The summed E-state index contributed by atoms with van der Waals surface area (Å²) in [5, 5.41) is 5.86. The van der Waals surface area contributed by atoms with E-state index >= 15 is 0 Å². The molecule has 4 N–H and O–H groups in total. The monoisotopic (exact) mass is 525 g/mol. The zero-order valence-corrected chi connectivity index (χ0v) is 20.8. The SMILES string of the molecule is O=C(N/C(=N\C1CC(C2CCCC(Cl)C2)NN1)NC1CC(F)CC(Cl)C1)C1CCC(F)C(F)C1. The number of rotatable bonds is 4. The summed E-state index contributed by atoms with van der Waals surface area (Å²) in [6.45, 7) is 0. The van der Waals surface area contributed by atoms with Gasteiger partial charge in [-0.05, 0) is 63.7 Å². The minimum atomic E-state index is -1.64. The normalized spacial score (nSPS) is 44.0. The molecule has 6 nitrogen and oxygen atoms in total. The van der Waals surface area contributed by atoms with E-state index < -0.39 is 30.3 Å². The number of guanidine groups is 1. The Morgan fingerprint density at radius 3 is 2.41 bits per heavy atom. The van der Waals surface area contributed by atoms with Crippen molar-refractivity contribution in [2.24, 2.45) is 16.8 Å². The van der Waals surface area contributed by atoms with Crippen LogP contribution in [0.5, 0.6) is 0 Å². The first-order valence-electron chi connectivity index (χ1n) is 12.6. The summed E-state index contributed by atoms with van der Waals surface area (Å²) in [6.07, 6.45) is 1.77. The van der Waals surface area contributed by atoms with Gasteiger partial charge in [0.15, 0.2) is 5.96 Å². The number of aliphatic imine (C=N–C) groups is 1. The lowest BCUT2D eigenvalue weighted by Gasteiger charge is -2.31. The lowest BCUT2D eigenvalue weighted by atomic mass is 9.83. The van der Waals surface area contributed by atoms with Crippen molar-refractivity contribution in [3.05, 3.63) is 0 Å². The Balaban J connectivity index is 1.41. The third kappa shape index (κ3) is 7.14. The first-order valence-corrected chi connectivity index (χ1v) is 13.5. The minimum Gasteiger partial charge on any atom is -0.353 e. The van der Waals surface area contributed by atoms with Gasteiger partial charge in [-0.3, -0.25) is 15.5 Å². The summed E-state index contributed by atoms with van der Waals surface area (Å²) in [5.41, 5.74) is 6.51. The summed E-state index contributed by atoms with van der Waals surface area (Å²) >= 11 is 12.6. The fourth-order valence-corrected chi connectivity index (χ4v) is 6.57. The van der Waals surface area contributed by atoms with Gasteiger partial charge < -0.3 is 5.32 Å². The zero-order chi connectivity index (χ0) is 24.2. The van der Waals surface area contributed by atoms with Crippen molar-refractivity contribution in [1.82, 2.24) is 21.5 Å². The Labute approximate surface area is 209 Å². The molecule has 1 amide bonds. The molecule has 34 heavy (non-hydrogen) atoms. The second kappa shape index (κ2) is 12.0. The molecular weight excluding hydrogens is 490 g/mol. The average molecular weight is 526 g/mol. The number of carbonyl (C=O) groups excluding carboxylic acids is 1. The van der Waals surface area contributed by atoms with Crippen LogP contribution in [0.4, 0.5) is 13.2 Å². The van der Waals surface area contributed by atoms with Gasteiger partial charge in [-0.15, -0.1) is 23.2 Å². The summed E-state index contributed by atoms with van der Waals surface area (Å²) in [4.78, 5) is 17.6. The number of nitrogens with one attached hydrogen (secondary N) is 4. The molecule has 3 saturated carbocycles. The molecule has 10 atom stereocenters. The molecule has 10 unspecified atom stereocenters.